The average molecular weight is 916 g/mol. The number of Topliss-reactive ketones (excluding diaryl/α,β-unsaturated/α-hetero) is 1. The Kier molecular flexibility index (Phi) is 12.2. The molecule has 4 fully saturated rings. The predicted octanol–water partition coefficient (Wildman–Crippen LogP) is 3.81. The Morgan fingerprint density at radius 3 is 2.14 bits per heavy atom. The standard InChI is InChI=1S/C34H49F2I2N5O6/c1-7-15-39-27(46)23(44)20(16-18-11-12-18)40-26(45)22-21-19(32(21,5)6)17-43(22)29(48)25(31(2,3)4)41-28(47)24(42-30(49)34(35,36)38)33(37)13-9-8-10-14-33/h7,18-22,24-25H,1,8-17H2,2-6H3,(H,39,46)(H,40,45)(H,41,47)(H,42,49)/t19-,20?,21-,22-,24+,25+/m0/s1. The van der Waals surface area contributed by atoms with Gasteiger partial charge in [-0.1, -0.05) is 95.4 Å². The van der Waals surface area contributed by atoms with Crippen molar-refractivity contribution in [3.63, 3.8) is 0 Å². The number of piperidine rings is 1. The molecule has 15 heteroatoms. The Labute approximate surface area is 314 Å². The Balaban J connectivity index is 1.59. The van der Waals surface area contributed by atoms with Crippen molar-refractivity contribution in [1.29, 1.82) is 0 Å². The van der Waals surface area contributed by atoms with E-state index in [4.69, 9.17) is 0 Å². The summed E-state index contributed by atoms with van der Waals surface area (Å²) in [5, 5.41) is 10.4. The van der Waals surface area contributed by atoms with Crippen LogP contribution < -0.4 is 21.3 Å². The van der Waals surface area contributed by atoms with Crippen molar-refractivity contribution in [2.45, 2.75) is 118 Å². The number of amides is 5. The number of likely N-dealkylation sites (tertiary alicyclic amines) is 1. The lowest BCUT2D eigenvalue weighted by atomic mass is 9.81. The first-order valence-electron chi connectivity index (χ1n) is 17.0. The lowest BCUT2D eigenvalue weighted by Gasteiger charge is -2.41. The van der Waals surface area contributed by atoms with Crippen molar-refractivity contribution in [3.8, 4) is 0 Å². The molecule has 274 valence electrons. The molecule has 5 amide bonds. The Morgan fingerprint density at radius 1 is 1.00 bits per heavy atom. The molecular formula is C34H49F2I2N5O6. The van der Waals surface area contributed by atoms with E-state index in [0.717, 1.165) is 54.7 Å². The maximum atomic E-state index is 14.5. The van der Waals surface area contributed by atoms with Gasteiger partial charge in [0.1, 0.15) is 18.1 Å². The third kappa shape index (κ3) is 9.12. The molecule has 4 rings (SSSR count). The van der Waals surface area contributed by atoms with Gasteiger partial charge in [0.05, 0.1) is 9.46 Å². The van der Waals surface area contributed by atoms with Crippen molar-refractivity contribution in [1.82, 2.24) is 26.2 Å². The van der Waals surface area contributed by atoms with Crippen LogP contribution in [0.2, 0.25) is 0 Å². The molecule has 3 saturated carbocycles. The van der Waals surface area contributed by atoms with Crippen LogP contribution in [0.1, 0.15) is 86.0 Å². The third-order valence-corrected chi connectivity index (χ3v) is 12.9. The smallest absolute Gasteiger partial charge is 0.346 e. The normalized spacial score (nSPS) is 25.9. The summed E-state index contributed by atoms with van der Waals surface area (Å²) in [4.78, 5) is 82.3. The minimum Gasteiger partial charge on any atom is -0.346 e. The van der Waals surface area contributed by atoms with Crippen LogP contribution in [0.15, 0.2) is 12.7 Å². The Bertz CT molecular complexity index is 1350. The number of nitrogens with one attached hydrogen (secondary N) is 4. The highest BCUT2D eigenvalue weighted by molar-refractivity contribution is 14.1. The number of carbonyl (C=O) groups excluding carboxylic acids is 6. The van der Waals surface area contributed by atoms with Crippen LogP contribution >= 0.6 is 45.2 Å². The largest absolute Gasteiger partial charge is 0.372 e. The number of ketones is 1. The molecule has 49 heavy (non-hydrogen) atoms. The van der Waals surface area contributed by atoms with Crippen LogP contribution in [0.5, 0.6) is 0 Å². The maximum Gasteiger partial charge on any atom is 0.372 e. The van der Waals surface area contributed by atoms with E-state index in [2.05, 4.69) is 50.4 Å². The van der Waals surface area contributed by atoms with E-state index >= 15 is 0 Å². The molecule has 11 nitrogen and oxygen atoms in total. The second-order valence-electron chi connectivity index (χ2n) is 15.8. The van der Waals surface area contributed by atoms with Crippen LogP contribution in [0, 0.1) is 28.6 Å². The molecule has 0 aromatic rings. The van der Waals surface area contributed by atoms with E-state index < -0.39 is 72.3 Å². The molecule has 4 N–H and O–H groups in total. The Hall–Kier alpha value is -1.92. The first-order chi connectivity index (χ1) is 22.6. The van der Waals surface area contributed by atoms with Crippen molar-refractivity contribution >= 4 is 80.5 Å². The van der Waals surface area contributed by atoms with Gasteiger partial charge in [-0.25, -0.2) is 0 Å². The number of hydrogen-bond acceptors (Lipinski definition) is 6. The molecule has 3 aliphatic carbocycles. The average Bonchev–Trinajstić information content (AvgIpc) is 3.86. The fraction of sp³-hybridized carbons (Fsp3) is 0.765. The molecule has 6 atom stereocenters. The lowest BCUT2D eigenvalue weighted by molar-refractivity contribution is -0.147. The number of halogens is 4. The SMILES string of the molecule is C=CCNC(=O)C(=O)C(CC1CC1)NC(=O)[C@@H]1[C@@H]2[C@H](CN1C(=O)[C@@H](NC(=O)[C@@H](NC(=O)C(F)(F)I)C1(I)CCCCC1)C(C)(C)C)C2(C)C. The quantitative estimate of drug-likeness (QED) is 0.0901. The lowest BCUT2D eigenvalue weighted by Crippen LogP contribution is -2.65. The zero-order chi connectivity index (χ0) is 36.7. The van der Waals surface area contributed by atoms with Crippen molar-refractivity contribution in [3.05, 3.63) is 12.7 Å². The highest BCUT2D eigenvalue weighted by Gasteiger charge is 2.70. The van der Waals surface area contributed by atoms with Crippen molar-refractivity contribution < 1.29 is 37.5 Å². The molecule has 1 unspecified atom stereocenters. The topological polar surface area (TPSA) is 154 Å². The fourth-order valence-corrected chi connectivity index (χ4v) is 8.87. The molecule has 4 aliphatic rings. The summed E-state index contributed by atoms with van der Waals surface area (Å²) in [7, 11) is 0. The monoisotopic (exact) mass is 915 g/mol. The van der Waals surface area contributed by atoms with Gasteiger partial charge in [-0.05, 0) is 47.8 Å². The van der Waals surface area contributed by atoms with Crippen LogP contribution in [-0.2, 0) is 28.8 Å². The molecule has 0 aromatic carbocycles. The van der Waals surface area contributed by atoms with E-state index in [-0.39, 0.29) is 36.3 Å². The fourth-order valence-electron chi connectivity index (χ4n) is 7.51. The van der Waals surface area contributed by atoms with Gasteiger partial charge in [0.15, 0.2) is 0 Å². The number of hydrogen-bond donors (Lipinski definition) is 4. The predicted molar refractivity (Wildman–Crippen MR) is 196 cm³/mol. The molecule has 1 heterocycles. The van der Waals surface area contributed by atoms with E-state index in [1.807, 2.05) is 13.8 Å². The van der Waals surface area contributed by atoms with Crippen molar-refractivity contribution in [2.75, 3.05) is 13.1 Å². The molecule has 0 radical (unpaired) electrons. The van der Waals surface area contributed by atoms with Crippen LogP contribution in [-0.4, -0.2) is 84.8 Å². The number of rotatable bonds is 14. The summed E-state index contributed by atoms with van der Waals surface area (Å²) in [6, 6.07) is -4.52. The van der Waals surface area contributed by atoms with Gasteiger partial charge < -0.3 is 26.2 Å². The summed E-state index contributed by atoms with van der Waals surface area (Å²) >= 11 is 2.82. The van der Waals surface area contributed by atoms with Gasteiger partial charge in [0.2, 0.25) is 23.5 Å². The summed E-state index contributed by atoms with van der Waals surface area (Å²) < 4.78 is 23.5. The number of nitrogens with zero attached hydrogens (tertiary/aromatic N) is 1. The highest BCUT2D eigenvalue weighted by atomic mass is 127. The molecule has 1 aliphatic heterocycles. The third-order valence-electron chi connectivity index (χ3n) is 10.7. The zero-order valence-corrected chi connectivity index (χ0v) is 33.1. The van der Waals surface area contributed by atoms with E-state index in [9.17, 15) is 37.5 Å². The van der Waals surface area contributed by atoms with Crippen LogP contribution in [0.3, 0.4) is 0 Å². The highest BCUT2D eigenvalue weighted by Crippen LogP contribution is 2.65. The van der Waals surface area contributed by atoms with Crippen molar-refractivity contribution in [2.24, 2.45) is 28.6 Å². The molecule has 1 saturated heterocycles. The summed E-state index contributed by atoms with van der Waals surface area (Å²) in [6.45, 7) is 13.2. The van der Waals surface area contributed by atoms with Gasteiger partial charge in [-0.3, -0.25) is 28.8 Å². The van der Waals surface area contributed by atoms with E-state index in [1.54, 1.807) is 20.8 Å². The molecule has 0 spiro atoms. The molecular weight excluding hydrogens is 866 g/mol. The van der Waals surface area contributed by atoms with Crippen LogP contribution in [0.25, 0.3) is 0 Å². The molecule has 0 aromatic heterocycles. The maximum absolute atomic E-state index is 14.5. The first kappa shape index (κ1) is 39.9. The van der Waals surface area contributed by atoms with Gasteiger partial charge in [0, 0.05) is 35.7 Å². The number of fused-ring (bicyclic) bond motifs is 1. The summed E-state index contributed by atoms with van der Waals surface area (Å²) in [5.74, 6) is -4.98. The van der Waals surface area contributed by atoms with Crippen LogP contribution in [0.4, 0.5) is 8.78 Å². The second kappa shape index (κ2) is 15.0. The first-order valence-corrected chi connectivity index (χ1v) is 19.2. The van der Waals surface area contributed by atoms with Gasteiger partial charge in [0.25, 0.3) is 5.91 Å². The molecule has 0 bridgehead atoms. The Morgan fingerprint density at radius 2 is 1.61 bits per heavy atom. The minimum absolute atomic E-state index is 0.00484. The number of alkyl halides is 4. The van der Waals surface area contributed by atoms with Gasteiger partial charge >= 0.3 is 9.84 Å². The van der Waals surface area contributed by atoms with E-state index in [0.29, 0.717) is 19.3 Å². The summed E-state index contributed by atoms with van der Waals surface area (Å²) in [5.41, 5.74) is -1.14. The number of carbonyl (C=O) groups is 6. The minimum atomic E-state index is -3.74. The van der Waals surface area contributed by atoms with E-state index in [1.165, 1.54) is 11.0 Å². The second-order valence-corrected chi connectivity index (χ2v) is 19.3. The summed E-state index contributed by atoms with van der Waals surface area (Å²) in [6.07, 6.45) is 7.02. The van der Waals surface area contributed by atoms with Gasteiger partial charge in [-0.2, -0.15) is 8.78 Å². The van der Waals surface area contributed by atoms with Gasteiger partial charge in [-0.15, -0.1) is 6.58 Å². The zero-order valence-electron chi connectivity index (χ0n) is 28.8.